The van der Waals surface area contributed by atoms with Crippen LogP contribution in [0.15, 0.2) is 36.3 Å². The molecule has 0 bridgehead atoms. The van der Waals surface area contributed by atoms with E-state index in [0.717, 1.165) is 0 Å². The van der Waals surface area contributed by atoms with Crippen LogP contribution in [-0.2, 0) is 14.3 Å². The summed E-state index contributed by atoms with van der Waals surface area (Å²) < 4.78 is 24.2. The average Bonchev–Trinajstić information content (AvgIpc) is 2.56. The summed E-state index contributed by atoms with van der Waals surface area (Å²) in [6, 6.07) is 6.69. The molecule has 0 saturated carbocycles. The van der Waals surface area contributed by atoms with Gasteiger partial charge in [-0.05, 0) is 12.1 Å². The molecule has 0 N–H and O–H groups in total. The molecule has 6 heteroatoms. The molecule has 2 aliphatic heterocycles. The maximum absolute atomic E-state index is 13.8. The number of piperazine rings is 1. The van der Waals surface area contributed by atoms with Crippen molar-refractivity contribution in [3.05, 3.63) is 42.1 Å². The molecule has 0 atom stereocenters. The maximum atomic E-state index is 13.8. The van der Waals surface area contributed by atoms with Gasteiger partial charge in [0, 0.05) is 26.2 Å². The molecule has 1 amide bonds. The number of rotatable bonds is 2. The Hall–Kier alpha value is -2.24. The van der Waals surface area contributed by atoms with Gasteiger partial charge >= 0.3 is 0 Å². The minimum absolute atomic E-state index is 0.164. The van der Waals surface area contributed by atoms with E-state index in [-0.39, 0.29) is 17.5 Å². The monoisotopic (exact) mass is 292 g/mol. The molecule has 1 aromatic carbocycles. The number of hydrogen-bond acceptors (Lipinski definition) is 4. The topological polar surface area (TPSA) is 42.0 Å². The lowest BCUT2D eigenvalue weighted by Gasteiger charge is -2.36. The number of benzene rings is 1. The van der Waals surface area contributed by atoms with Crippen molar-refractivity contribution in [3.8, 4) is 0 Å². The van der Waals surface area contributed by atoms with Crippen molar-refractivity contribution in [2.24, 2.45) is 0 Å². The highest BCUT2D eigenvalue weighted by Crippen LogP contribution is 2.21. The van der Waals surface area contributed by atoms with Gasteiger partial charge in [0.1, 0.15) is 25.3 Å². The second-order valence-corrected chi connectivity index (χ2v) is 4.93. The van der Waals surface area contributed by atoms with E-state index < -0.39 is 0 Å². The lowest BCUT2D eigenvalue weighted by atomic mass is 10.2. The number of para-hydroxylation sites is 1. The number of amides is 1. The van der Waals surface area contributed by atoms with Gasteiger partial charge in [0.2, 0.25) is 5.76 Å². The maximum Gasteiger partial charge on any atom is 0.292 e. The Labute approximate surface area is 122 Å². The van der Waals surface area contributed by atoms with Crippen molar-refractivity contribution >= 4 is 11.6 Å². The molecule has 1 fully saturated rings. The highest BCUT2D eigenvalue weighted by atomic mass is 19.1. The SMILES string of the molecule is O=C(C1=COCCO1)N1CCN(c2ccccc2F)CC1. The van der Waals surface area contributed by atoms with Gasteiger partial charge < -0.3 is 19.3 Å². The quantitative estimate of drug-likeness (QED) is 0.825. The van der Waals surface area contributed by atoms with Crippen LogP contribution in [0.1, 0.15) is 0 Å². The summed E-state index contributed by atoms with van der Waals surface area (Å²) in [5, 5.41) is 0. The minimum Gasteiger partial charge on any atom is -0.494 e. The first-order valence-corrected chi connectivity index (χ1v) is 6.99. The molecule has 0 aliphatic carbocycles. The highest BCUT2D eigenvalue weighted by Gasteiger charge is 2.26. The highest BCUT2D eigenvalue weighted by molar-refractivity contribution is 5.91. The van der Waals surface area contributed by atoms with Crippen LogP contribution in [0.4, 0.5) is 10.1 Å². The summed E-state index contributed by atoms with van der Waals surface area (Å²) in [5.74, 6) is -0.146. The van der Waals surface area contributed by atoms with E-state index in [4.69, 9.17) is 9.47 Å². The number of carbonyl (C=O) groups excluding carboxylic acids is 1. The van der Waals surface area contributed by atoms with E-state index in [9.17, 15) is 9.18 Å². The Morgan fingerprint density at radius 2 is 1.86 bits per heavy atom. The molecular formula is C15H17FN2O3. The molecule has 1 saturated heterocycles. The van der Waals surface area contributed by atoms with Gasteiger partial charge in [-0.25, -0.2) is 4.39 Å². The van der Waals surface area contributed by atoms with Crippen LogP contribution in [0, 0.1) is 5.82 Å². The Morgan fingerprint density at radius 3 is 2.52 bits per heavy atom. The molecule has 2 aliphatic rings. The number of ether oxygens (including phenoxy) is 2. The predicted molar refractivity (Wildman–Crippen MR) is 75.2 cm³/mol. The zero-order valence-electron chi connectivity index (χ0n) is 11.6. The number of nitrogens with zero attached hydrogens (tertiary/aromatic N) is 2. The number of halogens is 1. The van der Waals surface area contributed by atoms with Gasteiger partial charge in [0.05, 0.1) is 5.69 Å². The third-order valence-electron chi connectivity index (χ3n) is 3.62. The van der Waals surface area contributed by atoms with Gasteiger partial charge in [-0.15, -0.1) is 0 Å². The van der Waals surface area contributed by atoms with E-state index in [2.05, 4.69) is 0 Å². The van der Waals surface area contributed by atoms with E-state index in [1.807, 2.05) is 11.0 Å². The summed E-state index contributed by atoms with van der Waals surface area (Å²) >= 11 is 0. The second-order valence-electron chi connectivity index (χ2n) is 4.93. The lowest BCUT2D eigenvalue weighted by molar-refractivity contribution is -0.132. The molecule has 112 valence electrons. The van der Waals surface area contributed by atoms with Crippen LogP contribution in [0.3, 0.4) is 0 Å². The van der Waals surface area contributed by atoms with Gasteiger partial charge in [0.15, 0.2) is 0 Å². The van der Waals surface area contributed by atoms with Crippen molar-refractivity contribution < 1.29 is 18.7 Å². The predicted octanol–water partition coefficient (Wildman–Crippen LogP) is 1.36. The average molecular weight is 292 g/mol. The molecule has 1 aromatic rings. The van der Waals surface area contributed by atoms with Crippen LogP contribution in [-0.4, -0.2) is 50.2 Å². The van der Waals surface area contributed by atoms with Crippen LogP contribution >= 0.6 is 0 Å². The molecule has 3 rings (SSSR count). The molecule has 2 heterocycles. The fourth-order valence-electron chi connectivity index (χ4n) is 2.49. The zero-order chi connectivity index (χ0) is 14.7. The third-order valence-corrected chi connectivity index (χ3v) is 3.62. The zero-order valence-corrected chi connectivity index (χ0v) is 11.6. The van der Waals surface area contributed by atoms with Gasteiger partial charge in [-0.3, -0.25) is 4.79 Å². The fraction of sp³-hybridized carbons (Fsp3) is 0.400. The van der Waals surface area contributed by atoms with Crippen molar-refractivity contribution in [1.29, 1.82) is 0 Å². The first-order valence-electron chi connectivity index (χ1n) is 6.99. The molecule has 0 aromatic heterocycles. The van der Waals surface area contributed by atoms with Crippen molar-refractivity contribution in [1.82, 2.24) is 4.90 Å². The molecular weight excluding hydrogens is 275 g/mol. The third kappa shape index (κ3) is 2.94. The van der Waals surface area contributed by atoms with Crippen molar-refractivity contribution in [2.75, 3.05) is 44.3 Å². The van der Waals surface area contributed by atoms with Crippen LogP contribution < -0.4 is 4.90 Å². The fourth-order valence-corrected chi connectivity index (χ4v) is 2.49. The van der Waals surface area contributed by atoms with Crippen LogP contribution in [0.5, 0.6) is 0 Å². The van der Waals surface area contributed by atoms with Crippen molar-refractivity contribution in [2.45, 2.75) is 0 Å². The van der Waals surface area contributed by atoms with Gasteiger partial charge in [-0.2, -0.15) is 0 Å². The Balaban J connectivity index is 1.61. The summed E-state index contributed by atoms with van der Waals surface area (Å²) in [6.07, 6.45) is 1.37. The smallest absolute Gasteiger partial charge is 0.292 e. The minimum atomic E-state index is -0.232. The molecule has 0 radical (unpaired) electrons. The number of carbonyl (C=O) groups is 1. The van der Waals surface area contributed by atoms with E-state index in [1.165, 1.54) is 12.3 Å². The Bertz CT molecular complexity index is 554. The lowest BCUT2D eigenvalue weighted by Crippen LogP contribution is -2.49. The number of hydrogen-bond donors (Lipinski definition) is 0. The van der Waals surface area contributed by atoms with Crippen LogP contribution in [0.25, 0.3) is 0 Å². The first-order chi connectivity index (χ1) is 10.3. The second kappa shape index (κ2) is 6.03. The summed E-state index contributed by atoms with van der Waals surface area (Å²) in [5.41, 5.74) is 0.584. The first kappa shape index (κ1) is 13.7. The molecule has 0 unspecified atom stereocenters. The van der Waals surface area contributed by atoms with Gasteiger partial charge in [0.25, 0.3) is 5.91 Å². The largest absolute Gasteiger partial charge is 0.494 e. The van der Waals surface area contributed by atoms with E-state index in [1.54, 1.807) is 17.0 Å². The van der Waals surface area contributed by atoms with Crippen LogP contribution in [0.2, 0.25) is 0 Å². The Kier molecular flexibility index (Phi) is 3.94. The standard InChI is InChI=1S/C15H17FN2O3/c16-12-3-1-2-4-13(12)17-5-7-18(8-6-17)15(19)14-11-20-9-10-21-14/h1-4,11H,5-10H2. The normalized spacial score (nSPS) is 18.6. The van der Waals surface area contributed by atoms with Crippen molar-refractivity contribution in [3.63, 3.8) is 0 Å². The molecule has 5 nitrogen and oxygen atoms in total. The molecule has 21 heavy (non-hydrogen) atoms. The number of anilines is 1. The molecule has 0 spiro atoms. The van der Waals surface area contributed by atoms with E-state index >= 15 is 0 Å². The van der Waals surface area contributed by atoms with E-state index in [0.29, 0.717) is 45.1 Å². The summed E-state index contributed by atoms with van der Waals surface area (Å²) in [4.78, 5) is 15.9. The Morgan fingerprint density at radius 1 is 1.10 bits per heavy atom. The summed E-state index contributed by atoms with van der Waals surface area (Å²) in [7, 11) is 0. The van der Waals surface area contributed by atoms with Gasteiger partial charge in [-0.1, -0.05) is 12.1 Å². The summed E-state index contributed by atoms with van der Waals surface area (Å²) in [6.45, 7) is 3.13.